The lowest BCUT2D eigenvalue weighted by atomic mass is 9.53. The van der Waals surface area contributed by atoms with Crippen LogP contribution in [0.15, 0.2) is 0 Å². The van der Waals surface area contributed by atoms with Crippen molar-refractivity contribution in [2.24, 2.45) is 17.8 Å². The van der Waals surface area contributed by atoms with E-state index in [1.165, 1.54) is 19.3 Å². The van der Waals surface area contributed by atoms with Crippen LogP contribution in [0.4, 0.5) is 0 Å². The van der Waals surface area contributed by atoms with Crippen LogP contribution in [-0.2, 0) is 13.6 Å². The molecule has 0 unspecified atom stereocenters. The first-order valence-electron chi connectivity index (χ1n) is 8.54. The quantitative estimate of drug-likeness (QED) is 0.733. The minimum absolute atomic E-state index is 0.00590. The van der Waals surface area contributed by atoms with Gasteiger partial charge < -0.3 is 0 Å². The van der Waals surface area contributed by atoms with Gasteiger partial charge in [0, 0.05) is 5.54 Å². The molecule has 4 saturated carbocycles. The number of rotatable bonds is 6. The van der Waals surface area contributed by atoms with Crippen LogP contribution in [0.25, 0.3) is 0 Å². The molecule has 0 aromatic carbocycles. The minimum Gasteiger partial charge on any atom is -0.294 e. The van der Waals surface area contributed by atoms with Crippen LogP contribution in [-0.4, -0.2) is 17.7 Å². The van der Waals surface area contributed by atoms with E-state index < -0.39 is 7.75 Å². The molecule has 1 N–H and O–H groups in total. The van der Waals surface area contributed by atoms with Gasteiger partial charge in [0.25, 0.3) is 0 Å². The standard InChI is InChI=1S/C16H30NO3P/c1-11(2)19-21(18,20-12(3)4)17-16-8-13-5-14(9-16)7-15(6-13)10-16/h11-15H,5-10H2,1-4H3,(H,17,18). The zero-order chi connectivity index (χ0) is 15.3. The van der Waals surface area contributed by atoms with Gasteiger partial charge in [-0.05, 0) is 84.0 Å². The summed E-state index contributed by atoms with van der Waals surface area (Å²) in [5.74, 6) is 2.45. The lowest BCUT2D eigenvalue weighted by Gasteiger charge is -2.57. The second kappa shape index (κ2) is 5.63. The summed E-state index contributed by atoms with van der Waals surface area (Å²) in [7, 11) is -3.23. The van der Waals surface area contributed by atoms with Gasteiger partial charge in [0.2, 0.25) is 0 Å². The topological polar surface area (TPSA) is 47.6 Å². The maximum atomic E-state index is 13.2. The van der Waals surface area contributed by atoms with Gasteiger partial charge in [-0.15, -0.1) is 0 Å². The van der Waals surface area contributed by atoms with Crippen LogP contribution in [0.1, 0.15) is 66.2 Å². The van der Waals surface area contributed by atoms with E-state index in [9.17, 15) is 4.57 Å². The summed E-state index contributed by atoms with van der Waals surface area (Å²) in [4.78, 5) is 0. The normalized spacial score (nSPS) is 38.7. The molecule has 4 nitrogen and oxygen atoms in total. The molecule has 0 heterocycles. The van der Waals surface area contributed by atoms with Crippen LogP contribution in [0.5, 0.6) is 0 Å². The van der Waals surface area contributed by atoms with Crippen LogP contribution in [0.2, 0.25) is 0 Å². The van der Waals surface area contributed by atoms with Gasteiger partial charge in [-0.3, -0.25) is 9.05 Å². The highest BCUT2D eigenvalue weighted by atomic mass is 31.2. The molecule has 0 aromatic heterocycles. The number of nitrogens with one attached hydrogen (secondary N) is 1. The fourth-order valence-corrected chi connectivity index (χ4v) is 7.29. The molecule has 4 fully saturated rings. The first kappa shape index (κ1) is 16.0. The Morgan fingerprint density at radius 2 is 1.29 bits per heavy atom. The van der Waals surface area contributed by atoms with Gasteiger partial charge in [-0.2, -0.15) is 0 Å². The van der Waals surface area contributed by atoms with Gasteiger partial charge in [0.1, 0.15) is 0 Å². The largest absolute Gasteiger partial charge is 0.406 e. The zero-order valence-electron chi connectivity index (χ0n) is 13.8. The average molecular weight is 315 g/mol. The molecule has 4 aliphatic carbocycles. The van der Waals surface area contributed by atoms with Crippen molar-refractivity contribution in [3.63, 3.8) is 0 Å². The van der Waals surface area contributed by atoms with E-state index in [0.717, 1.165) is 37.0 Å². The van der Waals surface area contributed by atoms with E-state index in [1.54, 1.807) is 0 Å². The Labute approximate surface area is 128 Å². The average Bonchev–Trinajstić information content (AvgIpc) is 2.21. The molecular weight excluding hydrogens is 285 g/mol. The molecule has 0 amide bonds. The molecule has 0 radical (unpaired) electrons. The minimum atomic E-state index is -3.23. The molecule has 0 saturated heterocycles. The number of hydrogen-bond acceptors (Lipinski definition) is 3. The van der Waals surface area contributed by atoms with Crippen molar-refractivity contribution in [3.8, 4) is 0 Å². The lowest BCUT2D eigenvalue weighted by Crippen LogP contribution is -2.57. The van der Waals surface area contributed by atoms with Crippen LogP contribution < -0.4 is 5.09 Å². The molecular formula is C16H30NO3P. The summed E-state index contributed by atoms with van der Waals surface area (Å²) < 4.78 is 24.6. The highest BCUT2D eigenvalue weighted by Gasteiger charge is 2.53. The maximum absolute atomic E-state index is 13.2. The van der Waals surface area contributed by atoms with Gasteiger partial charge in [-0.1, -0.05) is 0 Å². The smallest absolute Gasteiger partial charge is 0.294 e. The fourth-order valence-electron chi connectivity index (χ4n) is 5.17. The van der Waals surface area contributed by atoms with Crippen molar-refractivity contribution in [2.45, 2.75) is 84.0 Å². The molecule has 4 rings (SSSR count). The number of hydrogen-bond donors (Lipinski definition) is 1. The summed E-state index contributed by atoms with van der Waals surface area (Å²) >= 11 is 0. The highest BCUT2D eigenvalue weighted by Crippen LogP contribution is 2.60. The molecule has 122 valence electrons. The van der Waals surface area contributed by atoms with Crippen LogP contribution in [0, 0.1) is 17.8 Å². The van der Waals surface area contributed by atoms with Crippen molar-refractivity contribution in [1.29, 1.82) is 0 Å². The molecule has 0 aromatic rings. The second-order valence-electron chi connectivity index (χ2n) is 8.12. The van der Waals surface area contributed by atoms with Crippen molar-refractivity contribution in [3.05, 3.63) is 0 Å². The van der Waals surface area contributed by atoms with Crippen molar-refractivity contribution in [1.82, 2.24) is 5.09 Å². The maximum Gasteiger partial charge on any atom is 0.406 e. The Bertz CT molecular complexity index is 386. The molecule has 0 spiro atoms. The molecule has 0 aliphatic heterocycles. The van der Waals surface area contributed by atoms with E-state index in [2.05, 4.69) is 5.09 Å². The first-order chi connectivity index (χ1) is 9.78. The van der Waals surface area contributed by atoms with Crippen molar-refractivity contribution < 1.29 is 13.6 Å². The Kier molecular flexibility index (Phi) is 4.29. The second-order valence-corrected chi connectivity index (χ2v) is 9.76. The Hall–Kier alpha value is 0.110. The molecule has 21 heavy (non-hydrogen) atoms. The zero-order valence-corrected chi connectivity index (χ0v) is 14.7. The predicted octanol–water partition coefficient (Wildman–Crippen LogP) is 4.50. The summed E-state index contributed by atoms with van der Waals surface area (Å²) in [6, 6.07) is 0. The van der Waals surface area contributed by atoms with Crippen LogP contribution >= 0.6 is 7.75 Å². The van der Waals surface area contributed by atoms with Gasteiger partial charge in [0.05, 0.1) is 12.2 Å². The van der Waals surface area contributed by atoms with E-state index in [0.29, 0.717) is 0 Å². The summed E-state index contributed by atoms with van der Waals surface area (Å²) in [5.41, 5.74) is -0.00590. The van der Waals surface area contributed by atoms with Crippen molar-refractivity contribution >= 4 is 7.75 Å². The molecule has 5 heteroatoms. The summed E-state index contributed by atoms with van der Waals surface area (Å²) in [6.07, 6.45) is 7.36. The SMILES string of the molecule is CC(C)OP(=O)(NC12CC3CC(CC(C3)C1)C2)OC(C)C. The van der Waals surface area contributed by atoms with Crippen LogP contribution in [0.3, 0.4) is 0 Å². The summed E-state index contributed by atoms with van der Waals surface area (Å²) in [6.45, 7) is 7.66. The Morgan fingerprint density at radius 1 is 0.905 bits per heavy atom. The lowest BCUT2D eigenvalue weighted by molar-refractivity contribution is -0.0151. The Morgan fingerprint density at radius 3 is 1.62 bits per heavy atom. The molecule has 4 aliphatic rings. The van der Waals surface area contributed by atoms with E-state index >= 15 is 0 Å². The van der Waals surface area contributed by atoms with E-state index in [-0.39, 0.29) is 17.7 Å². The summed E-state index contributed by atoms with van der Waals surface area (Å²) in [5, 5.41) is 3.41. The predicted molar refractivity (Wildman–Crippen MR) is 84.1 cm³/mol. The Balaban J connectivity index is 1.77. The first-order valence-corrected chi connectivity index (χ1v) is 10.1. The monoisotopic (exact) mass is 315 g/mol. The van der Waals surface area contributed by atoms with Crippen molar-refractivity contribution in [2.75, 3.05) is 0 Å². The van der Waals surface area contributed by atoms with E-state index in [1.807, 2.05) is 27.7 Å². The third kappa shape index (κ3) is 3.55. The fraction of sp³-hybridized carbons (Fsp3) is 1.00. The molecule has 4 bridgehead atoms. The van der Waals surface area contributed by atoms with Gasteiger partial charge >= 0.3 is 7.75 Å². The molecule has 0 atom stereocenters. The van der Waals surface area contributed by atoms with Gasteiger partial charge in [-0.25, -0.2) is 9.65 Å². The third-order valence-corrected chi connectivity index (χ3v) is 7.26. The third-order valence-electron chi connectivity index (χ3n) is 5.11. The van der Waals surface area contributed by atoms with Gasteiger partial charge in [0.15, 0.2) is 0 Å². The van der Waals surface area contributed by atoms with E-state index in [4.69, 9.17) is 9.05 Å². The highest BCUT2D eigenvalue weighted by molar-refractivity contribution is 7.51.